The van der Waals surface area contributed by atoms with Gasteiger partial charge in [0.15, 0.2) is 5.82 Å². The normalized spacial score (nSPS) is 20.7. The van der Waals surface area contributed by atoms with Crippen molar-refractivity contribution in [1.82, 2.24) is 10.1 Å². The molecule has 1 fully saturated rings. The Balaban J connectivity index is 1.86. The molecule has 0 radical (unpaired) electrons. The lowest BCUT2D eigenvalue weighted by atomic mass is 10.2. The molecule has 0 bridgehead atoms. The molecule has 5 nitrogen and oxygen atoms in total. The molecule has 6 heteroatoms. The van der Waals surface area contributed by atoms with E-state index in [1.807, 2.05) is 11.8 Å². The van der Waals surface area contributed by atoms with Gasteiger partial charge in [-0.15, -0.1) is 0 Å². The number of hydrogen-bond donors (Lipinski definition) is 1. The van der Waals surface area contributed by atoms with E-state index in [0.717, 1.165) is 12.2 Å². The zero-order valence-electron chi connectivity index (χ0n) is 8.73. The molecule has 15 heavy (non-hydrogen) atoms. The minimum absolute atomic E-state index is 0.423. The second kappa shape index (κ2) is 5.37. The zero-order chi connectivity index (χ0) is 10.5. The first kappa shape index (κ1) is 10.8. The first-order valence-corrected chi connectivity index (χ1v) is 6.13. The monoisotopic (exact) mass is 229 g/mol. The van der Waals surface area contributed by atoms with Gasteiger partial charge in [0.05, 0.1) is 11.9 Å². The van der Waals surface area contributed by atoms with E-state index >= 15 is 0 Å². The molecule has 0 amide bonds. The second-order valence-electron chi connectivity index (χ2n) is 3.38. The van der Waals surface area contributed by atoms with Gasteiger partial charge < -0.3 is 14.6 Å². The average molecular weight is 229 g/mol. The predicted octanol–water partition coefficient (Wildman–Crippen LogP) is 1.70. The minimum atomic E-state index is 0.423. The van der Waals surface area contributed by atoms with Gasteiger partial charge in [-0.2, -0.15) is 16.7 Å². The summed E-state index contributed by atoms with van der Waals surface area (Å²) in [7, 11) is 1.66. The Morgan fingerprint density at radius 2 is 2.60 bits per heavy atom. The van der Waals surface area contributed by atoms with Crippen LogP contribution in [0, 0.1) is 0 Å². The first-order valence-electron chi connectivity index (χ1n) is 5.08. The van der Waals surface area contributed by atoms with E-state index in [4.69, 9.17) is 9.26 Å². The SMILES string of the molecule is COCCNc1nc(C2CCCS2)no1. The molecule has 1 aliphatic heterocycles. The van der Waals surface area contributed by atoms with Gasteiger partial charge in [0.25, 0.3) is 0 Å². The number of methoxy groups -OCH3 is 1. The quantitative estimate of drug-likeness (QED) is 0.775. The molecule has 2 rings (SSSR count). The molecule has 1 aliphatic rings. The van der Waals surface area contributed by atoms with E-state index in [-0.39, 0.29) is 0 Å². The second-order valence-corrected chi connectivity index (χ2v) is 4.69. The van der Waals surface area contributed by atoms with Crippen molar-refractivity contribution in [2.45, 2.75) is 18.1 Å². The van der Waals surface area contributed by atoms with Crippen LogP contribution in [-0.4, -0.2) is 36.2 Å². The summed E-state index contributed by atoms with van der Waals surface area (Å²) in [6.45, 7) is 1.33. The zero-order valence-corrected chi connectivity index (χ0v) is 9.55. The number of nitrogens with zero attached hydrogens (tertiary/aromatic N) is 2. The predicted molar refractivity (Wildman–Crippen MR) is 59.1 cm³/mol. The third-order valence-corrected chi connectivity index (χ3v) is 3.62. The minimum Gasteiger partial charge on any atom is -0.383 e. The summed E-state index contributed by atoms with van der Waals surface area (Å²) < 4.78 is 10.00. The maximum Gasteiger partial charge on any atom is 0.321 e. The van der Waals surface area contributed by atoms with Gasteiger partial charge in [0.1, 0.15) is 0 Å². The van der Waals surface area contributed by atoms with Crippen LogP contribution in [0.1, 0.15) is 23.9 Å². The fourth-order valence-electron chi connectivity index (χ4n) is 1.48. The lowest BCUT2D eigenvalue weighted by molar-refractivity contribution is 0.210. The van der Waals surface area contributed by atoms with Crippen LogP contribution in [-0.2, 0) is 4.74 Å². The number of rotatable bonds is 5. The number of aromatic nitrogens is 2. The van der Waals surface area contributed by atoms with Crippen LogP contribution in [0.2, 0.25) is 0 Å². The summed E-state index contributed by atoms with van der Waals surface area (Å²) in [5.41, 5.74) is 0. The Bertz CT molecular complexity index is 299. The van der Waals surface area contributed by atoms with Gasteiger partial charge in [0.2, 0.25) is 0 Å². The molecule has 1 atom stereocenters. The third kappa shape index (κ3) is 2.85. The van der Waals surface area contributed by atoms with Gasteiger partial charge >= 0.3 is 6.01 Å². The van der Waals surface area contributed by atoms with Crippen molar-refractivity contribution in [3.63, 3.8) is 0 Å². The van der Waals surface area contributed by atoms with Gasteiger partial charge in [-0.25, -0.2) is 0 Å². The average Bonchev–Trinajstić information content (AvgIpc) is 2.87. The van der Waals surface area contributed by atoms with E-state index in [1.165, 1.54) is 12.2 Å². The summed E-state index contributed by atoms with van der Waals surface area (Å²) in [6, 6.07) is 0.495. The Labute approximate surface area is 93.0 Å². The standard InChI is InChI=1S/C9H15N3O2S/c1-13-5-4-10-9-11-8(12-14-9)7-3-2-6-15-7/h7H,2-6H2,1H3,(H,10,11,12). The molecule has 2 heterocycles. The maximum absolute atomic E-state index is 5.08. The van der Waals surface area contributed by atoms with Crippen LogP contribution in [0.3, 0.4) is 0 Å². The first-order chi connectivity index (χ1) is 7.40. The summed E-state index contributed by atoms with van der Waals surface area (Å²) in [4.78, 5) is 4.30. The number of ether oxygens (including phenoxy) is 1. The highest BCUT2D eigenvalue weighted by Gasteiger charge is 2.22. The van der Waals surface area contributed by atoms with Crippen LogP contribution in [0.25, 0.3) is 0 Å². The Hall–Kier alpha value is -0.750. The highest BCUT2D eigenvalue weighted by atomic mass is 32.2. The van der Waals surface area contributed by atoms with Crippen molar-refractivity contribution in [1.29, 1.82) is 0 Å². The van der Waals surface area contributed by atoms with Gasteiger partial charge in [-0.3, -0.25) is 0 Å². The molecule has 1 saturated heterocycles. The summed E-state index contributed by atoms with van der Waals surface area (Å²) >= 11 is 1.90. The van der Waals surface area contributed by atoms with Crippen LogP contribution in [0.5, 0.6) is 0 Å². The van der Waals surface area contributed by atoms with Gasteiger partial charge in [0, 0.05) is 13.7 Å². The number of hydrogen-bond acceptors (Lipinski definition) is 6. The third-order valence-electron chi connectivity index (χ3n) is 2.24. The van der Waals surface area contributed by atoms with E-state index in [0.29, 0.717) is 24.4 Å². The maximum atomic E-state index is 5.08. The Kier molecular flexibility index (Phi) is 3.85. The molecule has 84 valence electrons. The van der Waals surface area contributed by atoms with Gasteiger partial charge in [-0.05, 0) is 18.6 Å². The van der Waals surface area contributed by atoms with E-state index in [9.17, 15) is 0 Å². The number of thioether (sulfide) groups is 1. The Morgan fingerprint density at radius 1 is 1.67 bits per heavy atom. The highest BCUT2D eigenvalue weighted by Crippen LogP contribution is 2.38. The van der Waals surface area contributed by atoms with E-state index in [2.05, 4.69) is 15.5 Å². The smallest absolute Gasteiger partial charge is 0.321 e. The molecular formula is C9H15N3O2S. The van der Waals surface area contributed by atoms with Crippen molar-refractivity contribution in [3.8, 4) is 0 Å². The van der Waals surface area contributed by atoms with E-state index < -0.39 is 0 Å². The van der Waals surface area contributed by atoms with Crippen molar-refractivity contribution in [3.05, 3.63) is 5.82 Å². The molecule has 1 aromatic rings. The van der Waals surface area contributed by atoms with Crippen molar-refractivity contribution < 1.29 is 9.26 Å². The number of anilines is 1. The molecule has 0 spiro atoms. The molecule has 0 saturated carbocycles. The summed E-state index contributed by atoms with van der Waals surface area (Å²) in [5.74, 6) is 2.02. The van der Waals surface area contributed by atoms with E-state index in [1.54, 1.807) is 7.11 Å². The van der Waals surface area contributed by atoms with Crippen molar-refractivity contribution in [2.75, 3.05) is 31.3 Å². The van der Waals surface area contributed by atoms with Crippen molar-refractivity contribution in [2.24, 2.45) is 0 Å². The molecule has 0 aliphatic carbocycles. The van der Waals surface area contributed by atoms with Crippen LogP contribution < -0.4 is 5.32 Å². The number of nitrogens with one attached hydrogen (secondary N) is 1. The van der Waals surface area contributed by atoms with Crippen molar-refractivity contribution >= 4 is 17.8 Å². The molecule has 1 unspecified atom stereocenters. The fraction of sp³-hybridized carbons (Fsp3) is 0.778. The molecule has 1 aromatic heterocycles. The largest absolute Gasteiger partial charge is 0.383 e. The van der Waals surface area contributed by atoms with Crippen LogP contribution >= 0.6 is 11.8 Å². The fourth-order valence-corrected chi connectivity index (χ4v) is 2.67. The molecule has 0 aromatic carbocycles. The van der Waals surface area contributed by atoms with Gasteiger partial charge in [-0.1, -0.05) is 5.16 Å². The van der Waals surface area contributed by atoms with Crippen LogP contribution in [0.15, 0.2) is 4.52 Å². The lowest BCUT2D eigenvalue weighted by Gasteiger charge is -1.99. The molecular weight excluding hydrogens is 214 g/mol. The summed E-state index contributed by atoms with van der Waals surface area (Å²) in [6.07, 6.45) is 2.40. The highest BCUT2D eigenvalue weighted by molar-refractivity contribution is 7.99. The molecule has 1 N–H and O–H groups in total. The lowest BCUT2D eigenvalue weighted by Crippen LogP contribution is -2.07. The van der Waals surface area contributed by atoms with Crippen LogP contribution in [0.4, 0.5) is 6.01 Å². The Morgan fingerprint density at radius 3 is 3.33 bits per heavy atom. The summed E-state index contributed by atoms with van der Waals surface area (Å²) in [5, 5.41) is 7.40. The topological polar surface area (TPSA) is 60.2 Å².